The molecule has 1 unspecified atom stereocenters. The van der Waals surface area contributed by atoms with Crippen LogP contribution in [0.5, 0.6) is 0 Å². The molecule has 2 aliphatic rings. The fourth-order valence-electron chi connectivity index (χ4n) is 4.61. The van der Waals surface area contributed by atoms with Crippen LogP contribution in [0.4, 0.5) is 0 Å². The van der Waals surface area contributed by atoms with Gasteiger partial charge in [-0.2, -0.15) is 0 Å². The molecule has 3 heterocycles. The maximum atomic E-state index is 13.1. The maximum Gasteiger partial charge on any atom is 0.344 e. The van der Waals surface area contributed by atoms with E-state index in [4.69, 9.17) is 14.9 Å². The Morgan fingerprint density at radius 3 is 2.63 bits per heavy atom. The molecule has 0 saturated carbocycles. The van der Waals surface area contributed by atoms with Gasteiger partial charge < -0.3 is 19.8 Å². The molecule has 5 rings (SSSR count). The van der Waals surface area contributed by atoms with Crippen LogP contribution in [-0.4, -0.2) is 42.1 Å². The van der Waals surface area contributed by atoms with E-state index in [1.54, 1.807) is 18.2 Å². The Morgan fingerprint density at radius 1 is 1.07 bits per heavy atom. The predicted octanol–water partition coefficient (Wildman–Crippen LogP) is 3.18. The number of hydrogen-bond acceptors (Lipinski definition) is 5. The third kappa shape index (κ3) is 3.42. The second-order valence-corrected chi connectivity index (χ2v) is 8.32. The number of carbonyl (C=O) groups excluding carboxylic acids is 1. The molecule has 6 heteroatoms. The number of para-hydroxylation sites is 1. The van der Waals surface area contributed by atoms with Crippen LogP contribution in [0.1, 0.15) is 29.6 Å². The third-order valence-electron chi connectivity index (χ3n) is 6.26. The lowest BCUT2D eigenvalue weighted by molar-refractivity contribution is -0.0388. The van der Waals surface area contributed by atoms with Crippen molar-refractivity contribution in [2.75, 3.05) is 19.7 Å². The first-order chi connectivity index (χ1) is 14.5. The number of rotatable bonds is 2. The molecule has 2 aromatic carbocycles. The largest absolute Gasteiger partial charge is 0.422 e. The molecule has 1 atom stereocenters. The van der Waals surface area contributed by atoms with E-state index in [2.05, 4.69) is 0 Å². The second kappa shape index (κ2) is 7.38. The molecule has 3 aromatic rings. The van der Waals surface area contributed by atoms with Crippen molar-refractivity contribution in [2.24, 2.45) is 5.73 Å². The van der Waals surface area contributed by atoms with Gasteiger partial charge in [-0.3, -0.25) is 4.79 Å². The number of hydrogen-bond donors (Lipinski definition) is 1. The quantitative estimate of drug-likeness (QED) is 0.663. The topological polar surface area (TPSA) is 85.8 Å². The molecule has 2 N–H and O–H groups in total. The van der Waals surface area contributed by atoms with E-state index in [1.165, 1.54) is 0 Å². The molecule has 0 aliphatic carbocycles. The molecule has 1 aromatic heterocycles. The van der Waals surface area contributed by atoms with Crippen molar-refractivity contribution in [1.82, 2.24) is 4.90 Å². The van der Waals surface area contributed by atoms with Crippen LogP contribution in [0.25, 0.3) is 22.1 Å². The van der Waals surface area contributed by atoms with E-state index in [-0.39, 0.29) is 17.6 Å². The summed E-state index contributed by atoms with van der Waals surface area (Å²) in [5.41, 5.74) is 7.68. The molecule has 6 nitrogen and oxygen atoms in total. The minimum atomic E-state index is -0.409. The van der Waals surface area contributed by atoms with Crippen molar-refractivity contribution in [3.8, 4) is 11.1 Å². The summed E-state index contributed by atoms with van der Waals surface area (Å²) in [5, 5.41) is 0.847. The normalized spacial score (nSPS) is 20.7. The van der Waals surface area contributed by atoms with Gasteiger partial charge in [0, 0.05) is 30.1 Å². The molecule has 1 spiro atoms. The average Bonchev–Trinajstić information content (AvgIpc) is 3.13. The van der Waals surface area contributed by atoms with Crippen molar-refractivity contribution in [2.45, 2.75) is 30.9 Å². The van der Waals surface area contributed by atoms with Gasteiger partial charge in [-0.25, -0.2) is 4.79 Å². The first-order valence-electron chi connectivity index (χ1n) is 10.4. The smallest absolute Gasteiger partial charge is 0.344 e. The summed E-state index contributed by atoms with van der Waals surface area (Å²) in [7, 11) is 0. The molecule has 30 heavy (non-hydrogen) atoms. The number of amides is 1. The lowest BCUT2D eigenvalue weighted by Crippen LogP contribution is -2.46. The Bertz CT molecular complexity index is 1160. The van der Waals surface area contributed by atoms with Gasteiger partial charge in [0.1, 0.15) is 5.58 Å². The lowest BCUT2D eigenvalue weighted by atomic mass is 9.87. The molecule has 0 radical (unpaired) electrons. The molecule has 2 aliphatic heterocycles. The Hall–Kier alpha value is -2.96. The molecular weight excluding hydrogens is 380 g/mol. The van der Waals surface area contributed by atoms with Gasteiger partial charge in [0.15, 0.2) is 0 Å². The van der Waals surface area contributed by atoms with E-state index in [0.717, 1.165) is 24.6 Å². The fourth-order valence-corrected chi connectivity index (χ4v) is 4.61. The minimum absolute atomic E-state index is 0.0285. The van der Waals surface area contributed by atoms with E-state index in [9.17, 15) is 9.59 Å². The van der Waals surface area contributed by atoms with Crippen LogP contribution in [-0.2, 0) is 4.74 Å². The number of carbonyl (C=O) groups is 1. The number of benzene rings is 2. The van der Waals surface area contributed by atoms with Crippen molar-refractivity contribution in [3.05, 3.63) is 70.6 Å². The molecule has 154 valence electrons. The van der Waals surface area contributed by atoms with Crippen LogP contribution in [0, 0.1) is 0 Å². The summed E-state index contributed by atoms with van der Waals surface area (Å²) >= 11 is 0. The van der Waals surface area contributed by atoms with Gasteiger partial charge in [0.25, 0.3) is 5.91 Å². The molecular formula is C24H24N2O4. The molecule has 1 amide bonds. The van der Waals surface area contributed by atoms with Gasteiger partial charge in [0.05, 0.1) is 17.8 Å². The summed E-state index contributed by atoms with van der Waals surface area (Å²) in [6, 6.07) is 16.5. The van der Waals surface area contributed by atoms with Crippen molar-refractivity contribution >= 4 is 16.9 Å². The number of fused-ring (bicyclic) bond motifs is 1. The highest BCUT2D eigenvalue weighted by Gasteiger charge is 2.42. The standard InChI is InChI=1S/C24H24N2O4/c25-19-14-24(29-15-19)8-10-26(11-9-24)22(27)18-6-3-5-16(12-18)20-13-17-4-1-2-7-21(17)30-23(20)28/h1-7,12-13,19H,8-11,14-15,25H2. The lowest BCUT2D eigenvalue weighted by Gasteiger charge is -2.38. The van der Waals surface area contributed by atoms with Crippen LogP contribution < -0.4 is 11.4 Å². The number of nitrogens with two attached hydrogens (primary N) is 1. The number of ether oxygens (including phenoxy) is 1. The summed E-state index contributed by atoms with van der Waals surface area (Å²) in [6.07, 6.45) is 2.48. The Morgan fingerprint density at radius 2 is 1.87 bits per heavy atom. The zero-order valence-corrected chi connectivity index (χ0v) is 16.7. The van der Waals surface area contributed by atoms with Crippen LogP contribution in [0.3, 0.4) is 0 Å². The zero-order chi connectivity index (χ0) is 20.7. The van der Waals surface area contributed by atoms with Crippen molar-refractivity contribution in [1.29, 1.82) is 0 Å². The predicted molar refractivity (Wildman–Crippen MR) is 114 cm³/mol. The maximum absolute atomic E-state index is 13.1. The molecule has 2 fully saturated rings. The van der Waals surface area contributed by atoms with Crippen molar-refractivity contribution < 1.29 is 13.9 Å². The summed E-state index contributed by atoms with van der Waals surface area (Å²) in [6.45, 7) is 1.89. The zero-order valence-electron chi connectivity index (χ0n) is 16.7. The Balaban J connectivity index is 1.38. The summed E-state index contributed by atoms with van der Waals surface area (Å²) in [5.74, 6) is -0.0285. The minimum Gasteiger partial charge on any atom is -0.422 e. The van der Waals surface area contributed by atoms with Crippen LogP contribution in [0.15, 0.2) is 63.8 Å². The van der Waals surface area contributed by atoms with Gasteiger partial charge in [-0.1, -0.05) is 30.3 Å². The van der Waals surface area contributed by atoms with Crippen molar-refractivity contribution in [3.63, 3.8) is 0 Å². The molecule has 0 bridgehead atoms. The van der Waals surface area contributed by atoms with E-state index < -0.39 is 5.63 Å². The summed E-state index contributed by atoms with van der Waals surface area (Å²) in [4.78, 5) is 27.5. The first kappa shape index (κ1) is 19.0. The molecule has 2 saturated heterocycles. The SMILES string of the molecule is NC1COC2(CCN(C(=O)c3cccc(-c4cc5ccccc5oc4=O)c3)CC2)C1. The van der Waals surface area contributed by atoms with Gasteiger partial charge in [-0.05, 0) is 49.1 Å². The highest BCUT2D eigenvalue weighted by Crippen LogP contribution is 2.35. The number of piperidine rings is 1. The van der Waals surface area contributed by atoms with Gasteiger partial charge in [-0.15, -0.1) is 0 Å². The first-order valence-corrected chi connectivity index (χ1v) is 10.4. The second-order valence-electron chi connectivity index (χ2n) is 8.32. The van der Waals surface area contributed by atoms with E-state index >= 15 is 0 Å². The van der Waals surface area contributed by atoms with Crippen LogP contribution in [0.2, 0.25) is 0 Å². The van der Waals surface area contributed by atoms with Gasteiger partial charge >= 0.3 is 5.63 Å². The highest BCUT2D eigenvalue weighted by molar-refractivity contribution is 5.95. The summed E-state index contributed by atoms with van der Waals surface area (Å²) < 4.78 is 11.4. The Kier molecular flexibility index (Phi) is 4.68. The fraction of sp³-hybridized carbons (Fsp3) is 0.333. The Labute approximate surface area is 174 Å². The van der Waals surface area contributed by atoms with E-state index in [0.29, 0.717) is 42.0 Å². The van der Waals surface area contributed by atoms with Gasteiger partial charge in [0.2, 0.25) is 0 Å². The third-order valence-corrected chi connectivity index (χ3v) is 6.26. The number of nitrogens with zero attached hydrogens (tertiary/aromatic N) is 1. The highest BCUT2D eigenvalue weighted by atomic mass is 16.5. The number of likely N-dealkylation sites (tertiary alicyclic amines) is 1. The van der Waals surface area contributed by atoms with Crippen LogP contribution >= 0.6 is 0 Å². The monoisotopic (exact) mass is 404 g/mol. The average molecular weight is 404 g/mol. The van der Waals surface area contributed by atoms with E-state index in [1.807, 2.05) is 41.3 Å².